The molecule has 186 valence electrons. The lowest BCUT2D eigenvalue weighted by atomic mass is 9.84. The lowest BCUT2D eigenvalue weighted by Gasteiger charge is -2.24. The Hall–Kier alpha value is -4.20. The van der Waals surface area contributed by atoms with Crippen molar-refractivity contribution in [3.8, 4) is 0 Å². The molecule has 0 radical (unpaired) electrons. The Labute approximate surface area is 209 Å². The minimum atomic E-state index is -0.971. The van der Waals surface area contributed by atoms with Crippen molar-refractivity contribution in [1.29, 1.82) is 0 Å². The van der Waals surface area contributed by atoms with Gasteiger partial charge in [-0.1, -0.05) is 42.5 Å². The predicted octanol–water partition coefficient (Wildman–Crippen LogP) is 4.12. The van der Waals surface area contributed by atoms with Crippen molar-refractivity contribution >= 4 is 34.5 Å². The molecular weight excluding hydrogens is 458 g/mol. The molecule has 8 nitrogen and oxygen atoms in total. The summed E-state index contributed by atoms with van der Waals surface area (Å²) in [6, 6.07) is 13.3. The first-order chi connectivity index (χ1) is 17.0. The Balaban J connectivity index is 1.55. The number of amides is 2. The third-order valence-electron chi connectivity index (χ3n) is 6.03. The van der Waals surface area contributed by atoms with Crippen molar-refractivity contribution in [2.45, 2.75) is 45.8 Å². The number of ketones is 2. The van der Waals surface area contributed by atoms with Gasteiger partial charge in [-0.3, -0.25) is 14.4 Å². The van der Waals surface area contributed by atoms with E-state index in [0.717, 1.165) is 16.5 Å². The number of hydrogen-bond donors (Lipinski definition) is 3. The summed E-state index contributed by atoms with van der Waals surface area (Å²) in [4.78, 5) is 54.8. The highest BCUT2D eigenvalue weighted by atomic mass is 16.6. The smallest absolute Gasteiger partial charge is 0.408 e. The highest BCUT2D eigenvalue weighted by Gasteiger charge is 2.31. The zero-order chi connectivity index (χ0) is 26.0. The third-order valence-corrected chi connectivity index (χ3v) is 6.03. The summed E-state index contributed by atoms with van der Waals surface area (Å²) in [6.07, 6.45) is 1.27. The number of carbonyl (C=O) groups is 4. The topological polar surface area (TPSA) is 117 Å². The standard InChI is InChI=1S/C28H29N3O5/c1-16-21(25(33)20-11-6-5-10-19(20)24(16)32)15-30-26(34)23(31-27(35)36-28(2,3)4)13-17-14-29-22-12-8-7-9-18(17)22/h5-12,14,23,29H,13,15H2,1-4H3,(H,30,34)(H,31,35). The van der Waals surface area contributed by atoms with E-state index in [-0.39, 0.29) is 30.1 Å². The Morgan fingerprint density at radius 3 is 2.31 bits per heavy atom. The predicted molar refractivity (Wildman–Crippen MR) is 136 cm³/mol. The summed E-state index contributed by atoms with van der Waals surface area (Å²) in [5.41, 5.74) is 2.22. The van der Waals surface area contributed by atoms with Crippen molar-refractivity contribution in [2.75, 3.05) is 6.54 Å². The zero-order valence-electron chi connectivity index (χ0n) is 20.7. The van der Waals surface area contributed by atoms with Crippen LogP contribution >= 0.6 is 0 Å². The number of aromatic nitrogens is 1. The van der Waals surface area contributed by atoms with E-state index in [1.54, 1.807) is 58.2 Å². The number of alkyl carbamates (subject to hydrolysis) is 1. The van der Waals surface area contributed by atoms with Crippen LogP contribution in [-0.4, -0.2) is 46.7 Å². The van der Waals surface area contributed by atoms with Crippen molar-refractivity contribution in [2.24, 2.45) is 0 Å². The Kier molecular flexibility index (Phi) is 6.79. The van der Waals surface area contributed by atoms with Gasteiger partial charge in [0.05, 0.1) is 0 Å². The maximum atomic E-state index is 13.3. The fourth-order valence-electron chi connectivity index (χ4n) is 4.24. The second kappa shape index (κ2) is 9.81. The van der Waals surface area contributed by atoms with Gasteiger partial charge in [-0.2, -0.15) is 0 Å². The molecule has 1 atom stereocenters. The first kappa shape index (κ1) is 24.9. The van der Waals surface area contributed by atoms with E-state index in [0.29, 0.717) is 16.7 Å². The third kappa shape index (κ3) is 5.22. The van der Waals surface area contributed by atoms with Crippen molar-refractivity contribution < 1.29 is 23.9 Å². The number of benzene rings is 2. The highest BCUT2D eigenvalue weighted by Crippen LogP contribution is 2.26. The number of H-pyrrole nitrogens is 1. The van der Waals surface area contributed by atoms with Gasteiger partial charge in [0.1, 0.15) is 11.6 Å². The van der Waals surface area contributed by atoms with Gasteiger partial charge in [0.15, 0.2) is 11.6 Å². The van der Waals surface area contributed by atoms with Gasteiger partial charge in [-0.05, 0) is 39.3 Å². The van der Waals surface area contributed by atoms with Gasteiger partial charge in [0, 0.05) is 52.3 Å². The van der Waals surface area contributed by atoms with E-state index in [4.69, 9.17) is 4.74 Å². The van der Waals surface area contributed by atoms with E-state index in [1.807, 2.05) is 24.3 Å². The van der Waals surface area contributed by atoms with Crippen molar-refractivity contribution in [3.05, 3.63) is 82.6 Å². The molecule has 3 N–H and O–H groups in total. The Morgan fingerprint density at radius 2 is 1.61 bits per heavy atom. The number of rotatable bonds is 6. The van der Waals surface area contributed by atoms with Gasteiger partial charge in [-0.25, -0.2) is 4.79 Å². The molecule has 0 saturated heterocycles. The van der Waals surface area contributed by atoms with Crippen LogP contribution < -0.4 is 10.6 Å². The SMILES string of the molecule is CC1=C(CNC(=O)C(Cc2c[nH]c3ccccc23)NC(=O)OC(C)(C)C)C(=O)c2ccccc2C1=O. The number of para-hydroxylation sites is 1. The van der Waals surface area contributed by atoms with Crippen LogP contribution in [0.5, 0.6) is 0 Å². The lowest BCUT2D eigenvalue weighted by molar-refractivity contribution is -0.123. The van der Waals surface area contributed by atoms with E-state index in [9.17, 15) is 19.2 Å². The fraction of sp³-hybridized carbons (Fsp3) is 0.286. The molecule has 8 heteroatoms. The summed E-state index contributed by atoms with van der Waals surface area (Å²) in [6.45, 7) is 6.66. The lowest BCUT2D eigenvalue weighted by Crippen LogP contribution is -2.50. The number of Topliss-reactive ketones (excluding diaryl/α,β-unsaturated/α-hetero) is 2. The van der Waals surface area contributed by atoms with Crippen molar-refractivity contribution in [1.82, 2.24) is 15.6 Å². The maximum Gasteiger partial charge on any atom is 0.408 e. The minimum absolute atomic E-state index is 0.135. The Morgan fingerprint density at radius 1 is 0.972 bits per heavy atom. The van der Waals surface area contributed by atoms with Crippen LogP contribution in [0.3, 0.4) is 0 Å². The van der Waals surface area contributed by atoms with Crippen LogP contribution in [-0.2, 0) is 16.0 Å². The first-order valence-corrected chi connectivity index (χ1v) is 11.8. The summed E-state index contributed by atoms with van der Waals surface area (Å²) in [5.74, 6) is -1.03. The van der Waals surface area contributed by atoms with Crippen LogP contribution in [0.15, 0.2) is 65.9 Å². The van der Waals surface area contributed by atoms with Crippen LogP contribution in [0.25, 0.3) is 10.9 Å². The monoisotopic (exact) mass is 487 g/mol. The second-order valence-electron chi connectivity index (χ2n) is 9.79. The van der Waals surface area contributed by atoms with Gasteiger partial charge >= 0.3 is 6.09 Å². The van der Waals surface area contributed by atoms with E-state index < -0.39 is 23.6 Å². The summed E-state index contributed by atoms with van der Waals surface area (Å²) < 4.78 is 5.36. The summed E-state index contributed by atoms with van der Waals surface area (Å²) in [7, 11) is 0. The molecule has 1 aliphatic rings. The molecule has 4 rings (SSSR count). The number of aromatic amines is 1. The highest BCUT2D eigenvalue weighted by molar-refractivity contribution is 6.27. The average Bonchev–Trinajstić information content (AvgIpc) is 3.23. The van der Waals surface area contributed by atoms with Gasteiger partial charge in [-0.15, -0.1) is 0 Å². The quantitative estimate of drug-likeness (QED) is 0.484. The maximum absolute atomic E-state index is 13.3. The number of ether oxygens (including phenoxy) is 1. The molecule has 1 aliphatic carbocycles. The van der Waals surface area contributed by atoms with Crippen LogP contribution in [0, 0.1) is 0 Å². The van der Waals surface area contributed by atoms with Crippen LogP contribution in [0.4, 0.5) is 4.79 Å². The molecular formula is C28H29N3O5. The molecule has 2 amide bonds. The molecule has 0 aliphatic heterocycles. The molecule has 3 aromatic rings. The van der Waals surface area contributed by atoms with Crippen LogP contribution in [0.1, 0.15) is 54.0 Å². The number of allylic oxidation sites excluding steroid dienone is 1. The molecule has 1 unspecified atom stereocenters. The first-order valence-electron chi connectivity index (χ1n) is 11.8. The molecule has 0 spiro atoms. The largest absolute Gasteiger partial charge is 0.444 e. The van der Waals surface area contributed by atoms with Crippen LogP contribution in [0.2, 0.25) is 0 Å². The van der Waals surface area contributed by atoms with Crippen molar-refractivity contribution in [3.63, 3.8) is 0 Å². The molecule has 0 fully saturated rings. The van der Waals surface area contributed by atoms with Gasteiger partial charge in [0.25, 0.3) is 0 Å². The number of hydrogen-bond acceptors (Lipinski definition) is 5. The van der Waals surface area contributed by atoms with Gasteiger partial charge in [0.2, 0.25) is 5.91 Å². The van der Waals surface area contributed by atoms with Gasteiger partial charge < -0.3 is 20.4 Å². The molecule has 2 aromatic carbocycles. The molecule has 0 saturated carbocycles. The minimum Gasteiger partial charge on any atom is -0.444 e. The average molecular weight is 488 g/mol. The molecule has 1 aromatic heterocycles. The van der Waals surface area contributed by atoms with E-state index >= 15 is 0 Å². The number of carbonyl (C=O) groups excluding carboxylic acids is 4. The zero-order valence-corrected chi connectivity index (χ0v) is 20.7. The molecule has 36 heavy (non-hydrogen) atoms. The van der Waals surface area contributed by atoms with E-state index in [1.165, 1.54) is 0 Å². The second-order valence-corrected chi connectivity index (χ2v) is 9.79. The molecule has 1 heterocycles. The Bertz CT molecular complexity index is 1390. The summed E-state index contributed by atoms with van der Waals surface area (Å²) in [5, 5.41) is 6.33. The fourth-order valence-corrected chi connectivity index (χ4v) is 4.24. The number of nitrogens with one attached hydrogen (secondary N) is 3. The summed E-state index contributed by atoms with van der Waals surface area (Å²) >= 11 is 0. The number of fused-ring (bicyclic) bond motifs is 2. The van der Waals surface area contributed by atoms with E-state index in [2.05, 4.69) is 15.6 Å². The molecule has 0 bridgehead atoms. The normalized spacial score (nSPS) is 14.4.